The summed E-state index contributed by atoms with van der Waals surface area (Å²) in [6.45, 7) is 6.65. The Kier molecular flexibility index (Phi) is 5.14. The van der Waals surface area contributed by atoms with E-state index in [-0.39, 0.29) is 11.4 Å². The first-order chi connectivity index (χ1) is 10.4. The average molecular weight is 314 g/mol. The second kappa shape index (κ2) is 6.88. The molecule has 0 fully saturated rings. The van der Waals surface area contributed by atoms with Gasteiger partial charge in [0.05, 0.1) is 0 Å². The van der Waals surface area contributed by atoms with Gasteiger partial charge in [0.15, 0.2) is 0 Å². The first kappa shape index (κ1) is 16.4. The van der Waals surface area contributed by atoms with Gasteiger partial charge in [0, 0.05) is 22.5 Å². The van der Waals surface area contributed by atoms with Crippen molar-refractivity contribution < 1.29 is 4.79 Å². The molecule has 22 heavy (non-hydrogen) atoms. The highest BCUT2D eigenvalue weighted by molar-refractivity contribution is 7.99. The second-order valence-electron chi connectivity index (χ2n) is 6.10. The van der Waals surface area contributed by atoms with Crippen LogP contribution in [0.2, 0.25) is 0 Å². The minimum absolute atomic E-state index is 0.177. The molecule has 0 aliphatic rings. The Morgan fingerprint density at radius 1 is 0.909 bits per heavy atom. The van der Waals surface area contributed by atoms with E-state index in [1.165, 1.54) is 10.5 Å². The van der Waals surface area contributed by atoms with Crippen molar-refractivity contribution in [3.63, 3.8) is 0 Å². The van der Waals surface area contributed by atoms with Crippen LogP contribution in [-0.4, -0.2) is 13.1 Å². The molecule has 116 valence electrons. The molecule has 0 spiro atoms. The SMILES string of the molecule is CNC(=O)Nc1ccc(Sc2ccc(C(C)(C)C)cc2)cc1. The predicted octanol–water partition coefficient (Wildman–Crippen LogP) is 4.89. The Morgan fingerprint density at radius 2 is 1.41 bits per heavy atom. The summed E-state index contributed by atoms with van der Waals surface area (Å²) >= 11 is 1.71. The third kappa shape index (κ3) is 4.53. The number of rotatable bonds is 3. The van der Waals surface area contributed by atoms with Crippen LogP contribution in [0.4, 0.5) is 10.5 Å². The van der Waals surface area contributed by atoms with Crippen LogP contribution in [0.5, 0.6) is 0 Å². The first-order valence-corrected chi connectivity index (χ1v) is 8.07. The lowest BCUT2D eigenvalue weighted by Crippen LogP contribution is -2.24. The molecule has 0 atom stereocenters. The zero-order chi connectivity index (χ0) is 16.2. The lowest BCUT2D eigenvalue weighted by molar-refractivity contribution is 0.254. The van der Waals surface area contributed by atoms with Crippen LogP contribution >= 0.6 is 11.8 Å². The molecule has 0 bridgehead atoms. The number of nitrogens with one attached hydrogen (secondary N) is 2. The van der Waals surface area contributed by atoms with Crippen LogP contribution < -0.4 is 10.6 Å². The van der Waals surface area contributed by atoms with E-state index < -0.39 is 0 Å². The topological polar surface area (TPSA) is 41.1 Å². The van der Waals surface area contributed by atoms with Gasteiger partial charge in [-0.3, -0.25) is 0 Å². The molecule has 0 saturated heterocycles. The molecule has 2 N–H and O–H groups in total. The maximum Gasteiger partial charge on any atom is 0.318 e. The second-order valence-corrected chi connectivity index (χ2v) is 7.25. The van der Waals surface area contributed by atoms with Crippen molar-refractivity contribution in [2.45, 2.75) is 36.0 Å². The number of anilines is 1. The van der Waals surface area contributed by atoms with Crippen molar-refractivity contribution >= 4 is 23.5 Å². The number of carbonyl (C=O) groups excluding carboxylic acids is 1. The Balaban J connectivity index is 2.03. The Labute approximate surface area is 136 Å². The fourth-order valence-corrected chi connectivity index (χ4v) is 2.78. The van der Waals surface area contributed by atoms with Crippen molar-refractivity contribution in [3.05, 3.63) is 54.1 Å². The van der Waals surface area contributed by atoms with Gasteiger partial charge in [-0.05, 0) is 47.4 Å². The summed E-state index contributed by atoms with van der Waals surface area (Å²) in [4.78, 5) is 13.6. The van der Waals surface area contributed by atoms with Crippen LogP contribution in [0.3, 0.4) is 0 Å². The minimum Gasteiger partial charge on any atom is -0.341 e. The zero-order valence-electron chi connectivity index (χ0n) is 13.4. The number of amides is 2. The highest BCUT2D eigenvalue weighted by atomic mass is 32.2. The lowest BCUT2D eigenvalue weighted by atomic mass is 9.87. The van der Waals surface area contributed by atoms with Crippen molar-refractivity contribution in [1.82, 2.24) is 5.32 Å². The first-order valence-electron chi connectivity index (χ1n) is 7.26. The molecule has 0 aliphatic carbocycles. The van der Waals surface area contributed by atoms with Crippen LogP contribution in [0, 0.1) is 0 Å². The van der Waals surface area contributed by atoms with Crippen molar-refractivity contribution in [2.24, 2.45) is 0 Å². The van der Waals surface area contributed by atoms with Gasteiger partial charge < -0.3 is 10.6 Å². The Hall–Kier alpha value is -1.94. The molecule has 3 nitrogen and oxygen atoms in total. The number of urea groups is 1. The molecule has 2 aromatic rings. The molecule has 0 aromatic heterocycles. The largest absolute Gasteiger partial charge is 0.341 e. The maximum absolute atomic E-state index is 11.2. The van der Waals surface area contributed by atoms with Crippen LogP contribution in [0.25, 0.3) is 0 Å². The maximum atomic E-state index is 11.2. The molecule has 0 heterocycles. The molecule has 2 aromatic carbocycles. The Bertz CT molecular complexity index is 628. The molecule has 0 radical (unpaired) electrons. The number of benzene rings is 2. The molecule has 2 rings (SSSR count). The number of hydrogen-bond donors (Lipinski definition) is 2. The third-order valence-electron chi connectivity index (χ3n) is 3.30. The monoisotopic (exact) mass is 314 g/mol. The highest BCUT2D eigenvalue weighted by Crippen LogP contribution is 2.30. The van der Waals surface area contributed by atoms with Gasteiger partial charge >= 0.3 is 6.03 Å². The quantitative estimate of drug-likeness (QED) is 0.847. The molecular weight excluding hydrogens is 292 g/mol. The lowest BCUT2D eigenvalue weighted by Gasteiger charge is -2.19. The van der Waals surface area contributed by atoms with E-state index in [4.69, 9.17) is 0 Å². The summed E-state index contributed by atoms with van der Waals surface area (Å²) in [6.07, 6.45) is 0. The smallest absolute Gasteiger partial charge is 0.318 e. The van der Waals surface area contributed by atoms with Gasteiger partial charge in [-0.1, -0.05) is 44.7 Å². The number of hydrogen-bond acceptors (Lipinski definition) is 2. The molecule has 0 unspecified atom stereocenters. The van der Waals surface area contributed by atoms with E-state index in [0.29, 0.717) is 0 Å². The fraction of sp³-hybridized carbons (Fsp3) is 0.278. The van der Waals surface area contributed by atoms with Gasteiger partial charge in [-0.15, -0.1) is 0 Å². The molecular formula is C18H22N2OS. The van der Waals surface area contributed by atoms with E-state index in [1.807, 2.05) is 24.3 Å². The predicted molar refractivity (Wildman–Crippen MR) is 93.8 cm³/mol. The minimum atomic E-state index is -0.210. The van der Waals surface area contributed by atoms with E-state index in [2.05, 4.69) is 55.7 Å². The molecule has 0 saturated carbocycles. The van der Waals surface area contributed by atoms with Gasteiger partial charge in [0.25, 0.3) is 0 Å². The summed E-state index contributed by atoms with van der Waals surface area (Å²) < 4.78 is 0. The van der Waals surface area contributed by atoms with E-state index >= 15 is 0 Å². The summed E-state index contributed by atoms with van der Waals surface area (Å²) in [5.74, 6) is 0. The van der Waals surface area contributed by atoms with E-state index in [0.717, 1.165) is 10.6 Å². The van der Waals surface area contributed by atoms with Crippen molar-refractivity contribution in [3.8, 4) is 0 Å². The normalized spacial score (nSPS) is 11.1. The summed E-state index contributed by atoms with van der Waals surface area (Å²) in [5, 5.41) is 5.28. The van der Waals surface area contributed by atoms with Gasteiger partial charge in [0.2, 0.25) is 0 Å². The van der Waals surface area contributed by atoms with Crippen molar-refractivity contribution in [1.29, 1.82) is 0 Å². The Morgan fingerprint density at radius 3 is 1.86 bits per heavy atom. The van der Waals surface area contributed by atoms with Crippen LogP contribution in [0.1, 0.15) is 26.3 Å². The third-order valence-corrected chi connectivity index (χ3v) is 4.31. The molecule has 0 aliphatic heterocycles. The van der Waals surface area contributed by atoms with Gasteiger partial charge in [-0.25, -0.2) is 4.79 Å². The average Bonchev–Trinajstić information content (AvgIpc) is 2.49. The van der Waals surface area contributed by atoms with Gasteiger partial charge in [-0.2, -0.15) is 0 Å². The molecule has 2 amide bonds. The number of carbonyl (C=O) groups is 1. The standard InChI is InChI=1S/C18H22N2OS/c1-18(2,3)13-5-9-15(10-6-13)22-16-11-7-14(8-12-16)20-17(21)19-4/h5-12H,1-4H3,(H2,19,20,21). The summed E-state index contributed by atoms with van der Waals surface area (Å²) in [5.41, 5.74) is 2.30. The van der Waals surface area contributed by atoms with Crippen molar-refractivity contribution in [2.75, 3.05) is 12.4 Å². The van der Waals surface area contributed by atoms with E-state index in [9.17, 15) is 4.79 Å². The van der Waals surface area contributed by atoms with Crippen LogP contribution in [-0.2, 0) is 5.41 Å². The molecule has 4 heteroatoms. The van der Waals surface area contributed by atoms with Gasteiger partial charge in [0.1, 0.15) is 0 Å². The summed E-state index contributed by atoms with van der Waals surface area (Å²) in [7, 11) is 1.60. The summed E-state index contributed by atoms with van der Waals surface area (Å²) in [6, 6.07) is 16.3. The highest BCUT2D eigenvalue weighted by Gasteiger charge is 2.12. The van der Waals surface area contributed by atoms with Crippen LogP contribution in [0.15, 0.2) is 58.3 Å². The van der Waals surface area contributed by atoms with E-state index in [1.54, 1.807) is 18.8 Å². The fourth-order valence-electron chi connectivity index (χ4n) is 1.96. The zero-order valence-corrected chi connectivity index (χ0v) is 14.3.